The molecule has 2 heterocycles. The zero-order valence-corrected chi connectivity index (χ0v) is 23.1. The molecule has 3 atom stereocenters. The molecule has 2 fully saturated rings. The third-order valence-corrected chi connectivity index (χ3v) is 8.84. The van der Waals surface area contributed by atoms with Crippen molar-refractivity contribution in [1.82, 2.24) is 15.5 Å². The quantitative estimate of drug-likeness (QED) is 0.354. The molecule has 1 aromatic rings. The number of para-hydroxylation sites is 1. The molecule has 1 saturated heterocycles. The van der Waals surface area contributed by atoms with Gasteiger partial charge in [-0.1, -0.05) is 50.3 Å². The summed E-state index contributed by atoms with van der Waals surface area (Å²) in [5.74, 6) is 1.53. The standard InChI is InChI=1S/C30H49N3O4/c1-31-21-26(20-23-10-4-3-5-11-23)32-29(34)33-17-9-13-25(22-33)30(35,16-6-7-18-36-2)27-14-8-12-24-15-19-37-28(24)27/h8,12,14,23,25-26,31,35H,3-7,9-11,13,15-22H2,1-2H3,(H,32,34)/t25-,26?,30+/m1/s1. The molecule has 3 aliphatic rings. The Bertz CT molecular complexity index is 859. The molecule has 0 aromatic heterocycles. The van der Waals surface area contributed by atoms with Crippen LogP contribution in [0.25, 0.3) is 0 Å². The summed E-state index contributed by atoms with van der Waals surface area (Å²) in [6, 6.07) is 6.33. The molecule has 37 heavy (non-hydrogen) atoms. The van der Waals surface area contributed by atoms with E-state index >= 15 is 0 Å². The van der Waals surface area contributed by atoms with Gasteiger partial charge in [-0.2, -0.15) is 0 Å². The molecule has 7 heteroatoms. The number of nitrogens with one attached hydrogen (secondary N) is 2. The van der Waals surface area contributed by atoms with E-state index in [9.17, 15) is 9.90 Å². The second kappa shape index (κ2) is 13.8. The second-order valence-corrected chi connectivity index (χ2v) is 11.5. The van der Waals surface area contributed by atoms with Crippen LogP contribution in [-0.4, -0.2) is 69.1 Å². The molecule has 1 aliphatic carbocycles. The molecular formula is C30H49N3O4. The van der Waals surface area contributed by atoms with Crippen molar-refractivity contribution in [2.24, 2.45) is 11.8 Å². The number of likely N-dealkylation sites (N-methyl/N-ethyl adjacent to an activating group) is 1. The number of methoxy groups -OCH3 is 1. The highest BCUT2D eigenvalue weighted by Crippen LogP contribution is 2.45. The number of hydrogen-bond acceptors (Lipinski definition) is 5. The van der Waals surface area contributed by atoms with Crippen molar-refractivity contribution in [3.63, 3.8) is 0 Å². The topological polar surface area (TPSA) is 83.1 Å². The molecule has 208 valence electrons. The Morgan fingerprint density at radius 1 is 1.22 bits per heavy atom. The fraction of sp³-hybridized carbons (Fsp3) is 0.767. The van der Waals surface area contributed by atoms with Gasteiger partial charge in [0, 0.05) is 57.3 Å². The highest BCUT2D eigenvalue weighted by molar-refractivity contribution is 5.74. The molecule has 2 aliphatic heterocycles. The zero-order chi connectivity index (χ0) is 26.1. The van der Waals surface area contributed by atoms with Gasteiger partial charge in [-0.3, -0.25) is 0 Å². The number of carbonyl (C=O) groups is 1. The predicted molar refractivity (Wildman–Crippen MR) is 147 cm³/mol. The molecule has 3 N–H and O–H groups in total. The number of rotatable bonds is 12. The van der Waals surface area contributed by atoms with Crippen molar-refractivity contribution in [1.29, 1.82) is 0 Å². The number of piperidine rings is 1. The molecule has 1 aromatic carbocycles. The summed E-state index contributed by atoms with van der Waals surface area (Å²) in [5.41, 5.74) is 1.04. The molecule has 7 nitrogen and oxygen atoms in total. The van der Waals surface area contributed by atoms with Gasteiger partial charge in [-0.15, -0.1) is 0 Å². The van der Waals surface area contributed by atoms with Crippen LogP contribution in [0.4, 0.5) is 4.79 Å². The van der Waals surface area contributed by atoms with Crippen molar-refractivity contribution in [2.75, 3.05) is 47.0 Å². The SMILES string of the molecule is CNCC(CC1CCCCC1)NC(=O)N1CCC[C@@H]([C@@](O)(CCCCOC)c2cccc3c2OCC3)C1. The molecule has 0 spiro atoms. The summed E-state index contributed by atoms with van der Waals surface area (Å²) in [7, 11) is 3.68. The normalized spacial score (nSPS) is 22.7. The largest absolute Gasteiger partial charge is 0.493 e. The third-order valence-electron chi connectivity index (χ3n) is 8.84. The summed E-state index contributed by atoms with van der Waals surface area (Å²) < 4.78 is 11.3. The third kappa shape index (κ3) is 7.18. The lowest BCUT2D eigenvalue weighted by Gasteiger charge is -2.43. The Morgan fingerprint density at radius 3 is 2.84 bits per heavy atom. The van der Waals surface area contributed by atoms with E-state index in [1.165, 1.54) is 37.7 Å². The molecule has 0 radical (unpaired) electrons. The van der Waals surface area contributed by atoms with Crippen LogP contribution in [0.2, 0.25) is 0 Å². The van der Waals surface area contributed by atoms with Crippen molar-refractivity contribution < 1.29 is 19.4 Å². The number of likely N-dealkylation sites (tertiary alicyclic amines) is 1. The number of carbonyl (C=O) groups excluding carboxylic acids is 1. The first-order valence-corrected chi connectivity index (χ1v) is 14.7. The Labute approximate surface area is 223 Å². The fourth-order valence-electron chi connectivity index (χ4n) is 6.84. The van der Waals surface area contributed by atoms with Crippen LogP contribution in [0.3, 0.4) is 0 Å². The Balaban J connectivity index is 1.46. The maximum Gasteiger partial charge on any atom is 0.317 e. The summed E-state index contributed by atoms with van der Waals surface area (Å²) in [4.78, 5) is 15.4. The second-order valence-electron chi connectivity index (χ2n) is 11.5. The van der Waals surface area contributed by atoms with Gasteiger partial charge >= 0.3 is 6.03 Å². The highest BCUT2D eigenvalue weighted by Gasteiger charge is 2.44. The summed E-state index contributed by atoms with van der Waals surface area (Å²) in [6.07, 6.45) is 12.7. The molecule has 0 bridgehead atoms. The van der Waals surface area contributed by atoms with Crippen molar-refractivity contribution in [2.45, 2.75) is 88.7 Å². The van der Waals surface area contributed by atoms with E-state index in [0.717, 1.165) is 62.9 Å². The van der Waals surface area contributed by atoms with Crippen LogP contribution >= 0.6 is 0 Å². The Hall–Kier alpha value is -1.83. The smallest absolute Gasteiger partial charge is 0.317 e. The maximum absolute atomic E-state index is 13.5. The Morgan fingerprint density at radius 2 is 2.05 bits per heavy atom. The number of ether oxygens (including phenoxy) is 2. The molecular weight excluding hydrogens is 466 g/mol. The van der Waals surface area contributed by atoms with Crippen LogP contribution in [0.15, 0.2) is 18.2 Å². The lowest BCUT2D eigenvalue weighted by Crippen LogP contribution is -2.54. The minimum atomic E-state index is -1.03. The molecule has 1 saturated carbocycles. The lowest BCUT2D eigenvalue weighted by atomic mass is 9.73. The first-order chi connectivity index (χ1) is 18.0. The summed E-state index contributed by atoms with van der Waals surface area (Å²) in [5, 5.41) is 19.0. The number of amides is 2. The summed E-state index contributed by atoms with van der Waals surface area (Å²) in [6.45, 7) is 3.44. The van der Waals surface area contributed by atoms with Gasteiger partial charge in [0.25, 0.3) is 0 Å². The number of nitrogens with zero attached hydrogens (tertiary/aromatic N) is 1. The number of fused-ring (bicyclic) bond motifs is 1. The van der Waals surface area contributed by atoms with Gasteiger partial charge in [0.1, 0.15) is 5.75 Å². The van der Waals surface area contributed by atoms with E-state index in [1.807, 2.05) is 24.1 Å². The Kier molecular flexibility index (Phi) is 10.5. The van der Waals surface area contributed by atoms with E-state index < -0.39 is 5.60 Å². The van der Waals surface area contributed by atoms with Crippen molar-refractivity contribution in [3.05, 3.63) is 29.3 Å². The van der Waals surface area contributed by atoms with E-state index in [4.69, 9.17) is 9.47 Å². The predicted octanol–water partition coefficient (Wildman–Crippen LogP) is 4.61. The summed E-state index contributed by atoms with van der Waals surface area (Å²) >= 11 is 0. The van der Waals surface area contributed by atoms with Crippen LogP contribution in [0.5, 0.6) is 5.75 Å². The van der Waals surface area contributed by atoms with Crippen molar-refractivity contribution >= 4 is 6.03 Å². The fourth-order valence-corrected chi connectivity index (χ4v) is 6.84. The van der Waals surface area contributed by atoms with Crippen LogP contribution in [-0.2, 0) is 16.8 Å². The minimum Gasteiger partial charge on any atom is -0.493 e. The number of urea groups is 1. The number of benzene rings is 1. The average molecular weight is 516 g/mol. The van der Waals surface area contributed by atoms with Crippen LogP contribution in [0.1, 0.15) is 81.8 Å². The lowest BCUT2D eigenvalue weighted by molar-refractivity contribution is -0.0577. The van der Waals surface area contributed by atoms with E-state index in [0.29, 0.717) is 32.1 Å². The number of hydrogen-bond donors (Lipinski definition) is 3. The minimum absolute atomic E-state index is 0.0111. The first kappa shape index (κ1) is 28.2. The average Bonchev–Trinajstić information content (AvgIpc) is 3.41. The maximum atomic E-state index is 13.5. The van der Waals surface area contributed by atoms with E-state index in [1.54, 1.807) is 7.11 Å². The molecule has 2 amide bonds. The molecule has 1 unspecified atom stereocenters. The van der Waals surface area contributed by atoms with E-state index in [2.05, 4.69) is 16.7 Å². The van der Waals surface area contributed by atoms with Gasteiger partial charge < -0.3 is 30.1 Å². The molecule has 4 rings (SSSR count). The van der Waals surface area contributed by atoms with Crippen LogP contribution in [0, 0.1) is 11.8 Å². The van der Waals surface area contributed by atoms with Gasteiger partial charge in [0.15, 0.2) is 0 Å². The first-order valence-electron chi connectivity index (χ1n) is 14.7. The van der Waals surface area contributed by atoms with Crippen molar-refractivity contribution in [3.8, 4) is 5.75 Å². The number of unbranched alkanes of at least 4 members (excludes halogenated alkanes) is 1. The van der Waals surface area contributed by atoms with Gasteiger partial charge in [-0.05, 0) is 57.1 Å². The van der Waals surface area contributed by atoms with E-state index in [-0.39, 0.29) is 18.0 Å². The monoisotopic (exact) mass is 515 g/mol. The highest BCUT2D eigenvalue weighted by atomic mass is 16.5. The number of aliphatic hydroxyl groups is 1. The van der Waals surface area contributed by atoms with Gasteiger partial charge in [-0.25, -0.2) is 4.79 Å². The van der Waals surface area contributed by atoms with Crippen LogP contribution < -0.4 is 15.4 Å². The van der Waals surface area contributed by atoms with Gasteiger partial charge in [0.05, 0.1) is 12.2 Å². The van der Waals surface area contributed by atoms with Gasteiger partial charge in [0.2, 0.25) is 0 Å². The zero-order valence-electron chi connectivity index (χ0n) is 23.1.